The number of hydrogen-bond donors (Lipinski definition) is 4. The summed E-state index contributed by atoms with van der Waals surface area (Å²) in [4.78, 5) is 46.2. The van der Waals surface area contributed by atoms with Gasteiger partial charge in [-0.1, -0.05) is 51.1 Å². The van der Waals surface area contributed by atoms with Crippen molar-refractivity contribution < 1.29 is 24.5 Å². The van der Waals surface area contributed by atoms with E-state index in [0.717, 1.165) is 19.3 Å². The van der Waals surface area contributed by atoms with Gasteiger partial charge in [-0.25, -0.2) is 9.78 Å². The Morgan fingerprint density at radius 1 is 1.10 bits per heavy atom. The van der Waals surface area contributed by atoms with E-state index in [2.05, 4.69) is 41.0 Å². The minimum atomic E-state index is -0.879. The Kier molecular flexibility index (Phi) is 9.18. The Balaban J connectivity index is 0.000000367. The van der Waals surface area contributed by atoms with Crippen molar-refractivity contribution in [2.24, 2.45) is 5.92 Å². The fourth-order valence-corrected chi connectivity index (χ4v) is 4.67. The smallest absolute Gasteiger partial charge is 0.335 e. The largest absolute Gasteiger partial charge is 0.484 e. The van der Waals surface area contributed by atoms with Gasteiger partial charge in [0.1, 0.15) is 5.75 Å². The van der Waals surface area contributed by atoms with Gasteiger partial charge in [-0.2, -0.15) is 4.98 Å². The van der Waals surface area contributed by atoms with Crippen molar-refractivity contribution >= 4 is 29.0 Å². The number of aromatic amines is 1. The summed E-state index contributed by atoms with van der Waals surface area (Å²) in [5.74, 6) is -0.427. The van der Waals surface area contributed by atoms with Gasteiger partial charge in [-0.05, 0) is 60.4 Å². The molecule has 4 aromatic rings. The lowest BCUT2D eigenvalue weighted by atomic mass is 9.87. The van der Waals surface area contributed by atoms with Crippen LogP contribution in [0, 0.1) is 5.92 Å². The number of nitrogens with zero attached hydrogens (tertiary/aromatic N) is 3. The van der Waals surface area contributed by atoms with E-state index in [-0.39, 0.29) is 42.1 Å². The SMILES string of the molecule is CC(C)(C)c1ccc(OCC(=O)Nc2nc3c(ncn3C3CC[C@@H](CO)C3)c(=O)[nH]2)cc1.O=C(O)c1ccccc1. The minimum absolute atomic E-state index is 0.0378. The fraction of sp³-hybridized carbons (Fsp3) is 0.367. The number of aliphatic hydroxyl groups excluding tert-OH is 1. The van der Waals surface area contributed by atoms with Crippen LogP contribution in [0.25, 0.3) is 11.2 Å². The van der Waals surface area contributed by atoms with Gasteiger partial charge in [0.05, 0.1) is 11.9 Å². The van der Waals surface area contributed by atoms with Crippen molar-refractivity contribution in [1.29, 1.82) is 0 Å². The van der Waals surface area contributed by atoms with Crippen molar-refractivity contribution in [3.05, 3.63) is 82.4 Å². The summed E-state index contributed by atoms with van der Waals surface area (Å²) in [6, 6.07) is 16.0. The van der Waals surface area contributed by atoms with E-state index >= 15 is 0 Å². The fourth-order valence-electron chi connectivity index (χ4n) is 4.67. The first-order chi connectivity index (χ1) is 19.5. The van der Waals surface area contributed by atoms with Gasteiger partial charge < -0.3 is 19.5 Å². The lowest BCUT2D eigenvalue weighted by molar-refractivity contribution is -0.118. The first-order valence-corrected chi connectivity index (χ1v) is 13.4. The molecule has 4 N–H and O–H groups in total. The number of carbonyl (C=O) groups excluding carboxylic acids is 1. The first-order valence-electron chi connectivity index (χ1n) is 13.4. The second kappa shape index (κ2) is 12.8. The predicted octanol–water partition coefficient (Wildman–Crippen LogP) is 4.15. The third-order valence-corrected chi connectivity index (χ3v) is 6.97. The molecular weight excluding hydrogens is 526 g/mol. The molecule has 0 bridgehead atoms. The number of ether oxygens (including phenoxy) is 1. The van der Waals surface area contributed by atoms with Crippen LogP contribution in [0.5, 0.6) is 5.75 Å². The quantitative estimate of drug-likeness (QED) is 0.262. The summed E-state index contributed by atoms with van der Waals surface area (Å²) >= 11 is 0. The third kappa shape index (κ3) is 7.57. The molecule has 11 nitrogen and oxygen atoms in total. The summed E-state index contributed by atoms with van der Waals surface area (Å²) < 4.78 is 7.43. The molecule has 1 aliphatic rings. The number of carboxylic acids is 1. The number of carbonyl (C=O) groups is 2. The summed E-state index contributed by atoms with van der Waals surface area (Å²) in [5.41, 5.74) is 1.78. The molecule has 0 spiro atoms. The van der Waals surface area contributed by atoms with E-state index in [0.29, 0.717) is 17.0 Å². The molecule has 11 heteroatoms. The zero-order valence-electron chi connectivity index (χ0n) is 23.3. The summed E-state index contributed by atoms with van der Waals surface area (Å²) in [6.45, 7) is 6.33. The number of nitrogens with one attached hydrogen (secondary N) is 2. The maximum atomic E-state index is 12.4. The lowest BCUT2D eigenvalue weighted by Gasteiger charge is -2.19. The summed E-state index contributed by atoms with van der Waals surface area (Å²) in [5, 5.41) is 20.4. The molecule has 0 radical (unpaired) electrons. The monoisotopic (exact) mass is 561 g/mol. The van der Waals surface area contributed by atoms with Crippen LogP contribution in [0.1, 0.15) is 62.0 Å². The highest BCUT2D eigenvalue weighted by molar-refractivity contribution is 5.90. The zero-order valence-corrected chi connectivity index (χ0v) is 23.3. The third-order valence-electron chi connectivity index (χ3n) is 6.97. The maximum Gasteiger partial charge on any atom is 0.335 e. The Hall–Kier alpha value is -4.51. The number of fused-ring (bicyclic) bond motifs is 1. The van der Waals surface area contributed by atoms with Crippen molar-refractivity contribution in [3.8, 4) is 5.75 Å². The molecule has 2 aromatic heterocycles. The summed E-state index contributed by atoms with van der Waals surface area (Å²) in [6.07, 6.45) is 4.21. The van der Waals surface area contributed by atoms with Crippen LogP contribution >= 0.6 is 0 Å². The molecule has 1 saturated carbocycles. The number of H-pyrrole nitrogens is 1. The predicted molar refractivity (Wildman–Crippen MR) is 154 cm³/mol. The molecular formula is C30H35N5O6. The number of benzene rings is 2. The Labute approximate surface area is 237 Å². The number of aromatic nitrogens is 4. The molecule has 1 fully saturated rings. The molecule has 1 aliphatic carbocycles. The van der Waals surface area contributed by atoms with Gasteiger partial charge in [0.15, 0.2) is 17.8 Å². The van der Waals surface area contributed by atoms with Crippen molar-refractivity contribution in [2.75, 3.05) is 18.5 Å². The lowest BCUT2D eigenvalue weighted by Crippen LogP contribution is -2.24. The van der Waals surface area contributed by atoms with Crippen LogP contribution in [0.3, 0.4) is 0 Å². The molecule has 1 amide bonds. The van der Waals surface area contributed by atoms with Gasteiger partial charge >= 0.3 is 5.97 Å². The summed E-state index contributed by atoms with van der Waals surface area (Å²) in [7, 11) is 0. The topological polar surface area (TPSA) is 159 Å². The van der Waals surface area contributed by atoms with Gasteiger partial charge in [0.2, 0.25) is 5.95 Å². The van der Waals surface area contributed by atoms with Crippen LogP contribution in [0.4, 0.5) is 5.95 Å². The molecule has 2 atom stereocenters. The number of aromatic carboxylic acids is 1. The van der Waals surface area contributed by atoms with Crippen molar-refractivity contribution in [3.63, 3.8) is 0 Å². The molecule has 2 heterocycles. The highest BCUT2D eigenvalue weighted by Crippen LogP contribution is 2.35. The van der Waals surface area contributed by atoms with Gasteiger partial charge in [-0.3, -0.25) is 19.9 Å². The van der Waals surface area contributed by atoms with Crippen LogP contribution in [0.2, 0.25) is 0 Å². The first kappa shape index (κ1) is 29.5. The second-order valence-corrected chi connectivity index (χ2v) is 11.0. The molecule has 0 aliphatic heterocycles. The molecule has 1 unspecified atom stereocenters. The van der Waals surface area contributed by atoms with Crippen LogP contribution in [0.15, 0.2) is 65.7 Å². The number of imidazole rings is 1. The Morgan fingerprint density at radius 3 is 2.39 bits per heavy atom. The van der Waals surface area contributed by atoms with Gasteiger partial charge in [0.25, 0.3) is 11.5 Å². The highest BCUT2D eigenvalue weighted by atomic mass is 16.5. The highest BCUT2D eigenvalue weighted by Gasteiger charge is 2.27. The normalized spacial score (nSPS) is 16.6. The van der Waals surface area contributed by atoms with Crippen molar-refractivity contribution in [1.82, 2.24) is 19.5 Å². The van der Waals surface area contributed by atoms with E-state index in [1.807, 2.05) is 28.8 Å². The average molecular weight is 562 g/mol. The zero-order chi connectivity index (χ0) is 29.6. The molecule has 5 rings (SSSR count). The average Bonchev–Trinajstić information content (AvgIpc) is 3.60. The van der Waals surface area contributed by atoms with Crippen LogP contribution in [-0.4, -0.2) is 54.8 Å². The van der Waals surface area contributed by atoms with Gasteiger partial charge in [-0.15, -0.1) is 0 Å². The van der Waals surface area contributed by atoms with E-state index in [4.69, 9.17) is 9.84 Å². The van der Waals surface area contributed by atoms with Crippen LogP contribution in [-0.2, 0) is 10.2 Å². The minimum Gasteiger partial charge on any atom is -0.484 e. The van der Waals surface area contributed by atoms with E-state index in [9.17, 15) is 19.5 Å². The van der Waals surface area contributed by atoms with Crippen molar-refractivity contribution in [2.45, 2.75) is 51.5 Å². The molecule has 2 aromatic carbocycles. The number of anilines is 1. The second-order valence-electron chi connectivity index (χ2n) is 11.0. The van der Waals surface area contributed by atoms with E-state index < -0.39 is 17.4 Å². The number of aliphatic hydroxyl groups is 1. The number of amides is 1. The number of hydrogen-bond acceptors (Lipinski definition) is 7. The Bertz CT molecular complexity index is 1540. The molecule has 0 saturated heterocycles. The number of rotatable bonds is 7. The number of carboxylic acid groups (broad SMARTS) is 1. The van der Waals surface area contributed by atoms with Gasteiger partial charge in [0, 0.05) is 12.6 Å². The molecule has 216 valence electrons. The van der Waals surface area contributed by atoms with E-state index in [1.165, 1.54) is 5.56 Å². The standard InChI is InChI=1S/C23H29N5O4.C7H6O2/c1-23(2,3)15-5-8-17(9-6-15)32-12-18(30)25-22-26-20-19(21(31)27-22)24-13-28(20)16-7-4-14(10-16)11-29;8-7(9)6-4-2-1-3-5-6/h5-6,8-9,13-14,16,29H,4,7,10-12H2,1-3H3,(H2,25,26,27,30,31);1-5H,(H,8,9)/t14-,16?;/m1./s1. The van der Waals surface area contributed by atoms with E-state index in [1.54, 1.807) is 36.7 Å². The maximum absolute atomic E-state index is 12.4. The molecule has 41 heavy (non-hydrogen) atoms. The Morgan fingerprint density at radius 2 is 1.80 bits per heavy atom. The van der Waals surface area contributed by atoms with Crippen LogP contribution < -0.4 is 15.6 Å².